The highest BCUT2D eigenvalue weighted by molar-refractivity contribution is 7.09. The highest BCUT2D eigenvalue weighted by Gasteiger charge is 2.28. The Bertz CT molecular complexity index is 680. The summed E-state index contributed by atoms with van der Waals surface area (Å²) in [6, 6.07) is 5.88. The van der Waals surface area contributed by atoms with E-state index in [0.717, 1.165) is 12.1 Å². The average molecular weight is 332 g/mol. The normalized spacial score (nSPS) is 16.9. The summed E-state index contributed by atoms with van der Waals surface area (Å²) in [4.78, 5) is 26.9. The molecule has 0 saturated heterocycles. The summed E-state index contributed by atoms with van der Waals surface area (Å²) in [6.45, 7) is 3.28. The van der Waals surface area contributed by atoms with Gasteiger partial charge in [-0.15, -0.1) is 11.3 Å². The summed E-state index contributed by atoms with van der Waals surface area (Å²) in [5.41, 5.74) is 0.975. The van der Waals surface area contributed by atoms with Gasteiger partial charge in [-0.25, -0.2) is 0 Å². The average Bonchev–Trinajstić information content (AvgIpc) is 3.17. The third kappa shape index (κ3) is 3.79. The van der Waals surface area contributed by atoms with Gasteiger partial charge in [0.15, 0.2) is 0 Å². The molecule has 122 valence electrons. The molecule has 6 nitrogen and oxygen atoms in total. The molecule has 0 bridgehead atoms. The first kappa shape index (κ1) is 15.7. The molecule has 3 rings (SSSR count). The number of nitrogens with one attached hydrogen (secondary N) is 1. The van der Waals surface area contributed by atoms with Crippen molar-refractivity contribution in [2.75, 3.05) is 13.1 Å². The number of rotatable bonds is 5. The maximum Gasteiger partial charge on any atom is 0.222 e. The van der Waals surface area contributed by atoms with Crippen LogP contribution in [0.25, 0.3) is 0 Å². The van der Waals surface area contributed by atoms with E-state index < -0.39 is 0 Å². The Morgan fingerprint density at radius 1 is 1.43 bits per heavy atom. The molecule has 0 aromatic carbocycles. The molecule has 2 aromatic heterocycles. The molecular formula is C16H20N4O2S. The van der Waals surface area contributed by atoms with Gasteiger partial charge in [-0.1, -0.05) is 6.07 Å². The van der Waals surface area contributed by atoms with E-state index in [1.807, 2.05) is 22.2 Å². The first-order valence-corrected chi connectivity index (χ1v) is 8.58. The van der Waals surface area contributed by atoms with Crippen LogP contribution in [0.15, 0.2) is 29.8 Å². The van der Waals surface area contributed by atoms with Gasteiger partial charge in [0.2, 0.25) is 11.8 Å². The van der Waals surface area contributed by atoms with Crippen LogP contribution in [0.3, 0.4) is 0 Å². The second kappa shape index (κ2) is 6.95. The third-order valence-corrected chi connectivity index (χ3v) is 4.96. The number of carbonyl (C=O) groups excluding carboxylic acids is 2. The van der Waals surface area contributed by atoms with Crippen LogP contribution in [0.2, 0.25) is 0 Å². The van der Waals surface area contributed by atoms with Gasteiger partial charge in [-0.05, 0) is 23.9 Å². The van der Waals surface area contributed by atoms with Crippen molar-refractivity contribution in [2.24, 2.45) is 0 Å². The van der Waals surface area contributed by atoms with Gasteiger partial charge in [-0.3, -0.25) is 14.3 Å². The van der Waals surface area contributed by atoms with Crippen LogP contribution in [0.4, 0.5) is 0 Å². The van der Waals surface area contributed by atoms with Gasteiger partial charge in [-0.2, -0.15) is 5.10 Å². The van der Waals surface area contributed by atoms with Crippen LogP contribution in [0.1, 0.15) is 30.0 Å². The number of aromatic nitrogens is 2. The second-order valence-corrected chi connectivity index (χ2v) is 6.74. The number of amides is 2. The zero-order valence-corrected chi connectivity index (χ0v) is 13.9. The molecular weight excluding hydrogens is 312 g/mol. The lowest BCUT2D eigenvalue weighted by molar-refractivity contribution is -0.132. The second-order valence-electron chi connectivity index (χ2n) is 5.70. The van der Waals surface area contributed by atoms with Gasteiger partial charge in [0.05, 0.1) is 24.7 Å². The topological polar surface area (TPSA) is 67.2 Å². The van der Waals surface area contributed by atoms with Crippen LogP contribution in [-0.4, -0.2) is 39.6 Å². The maximum atomic E-state index is 12.2. The van der Waals surface area contributed by atoms with E-state index >= 15 is 0 Å². The number of fused-ring (bicyclic) bond motifs is 1. The monoisotopic (exact) mass is 332 g/mol. The number of hydrogen-bond donors (Lipinski definition) is 1. The summed E-state index contributed by atoms with van der Waals surface area (Å²) in [5, 5.41) is 9.30. The molecule has 1 N–H and O–H groups in total. The van der Waals surface area contributed by atoms with E-state index in [1.54, 1.807) is 29.4 Å². The number of nitrogens with zero attached hydrogens (tertiary/aromatic N) is 3. The van der Waals surface area contributed by atoms with E-state index in [9.17, 15) is 9.59 Å². The van der Waals surface area contributed by atoms with Gasteiger partial charge in [0.1, 0.15) is 0 Å². The molecule has 0 radical (unpaired) electrons. The van der Waals surface area contributed by atoms with Crippen LogP contribution < -0.4 is 5.32 Å². The Morgan fingerprint density at radius 3 is 3.04 bits per heavy atom. The van der Waals surface area contributed by atoms with E-state index in [0.29, 0.717) is 26.1 Å². The van der Waals surface area contributed by atoms with Gasteiger partial charge in [0.25, 0.3) is 0 Å². The summed E-state index contributed by atoms with van der Waals surface area (Å²) in [6.07, 6.45) is 2.91. The SMILES string of the molecule is CC(=O)N1Cc2ccnn2[C@H](CC(=O)NCCc2cccs2)C1. The van der Waals surface area contributed by atoms with Gasteiger partial charge >= 0.3 is 0 Å². The molecule has 2 aromatic rings. The fourth-order valence-corrected chi connectivity index (χ4v) is 3.55. The number of carbonyl (C=O) groups is 2. The summed E-state index contributed by atoms with van der Waals surface area (Å²) < 4.78 is 1.87. The predicted octanol–water partition coefficient (Wildman–Crippen LogP) is 1.60. The first-order valence-electron chi connectivity index (χ1n) is 7.70. The largest absolute Gasteiger partial charge is 0.356 e. The molecule has 3 heterocycles. The van der Waals surface area contributed by atoms with Gasteiger partial charge in [0, 0.05) is 31.1 Å². The molecule has 0 aliphatic carbocycles. The maximum absolute atomic E-state index is 12.2. The molecule has 0 spiro atoms. The fraction of sp³-hybridized carbons (Fsp3) is 0.438. The zero-order chi connectivity index (χ0) is 16.2. The van der Waals surface area contributed by atoms with E-state index in [1.165, 1.54) is 4.88 Å². The molecule has 7 heteroatoms. The van der Waals surface area contributed by atoms with Crippen LogP contribution in [-0.2, 0) is 22.6 Å². The van der Waals surface area contributed by atoms with Crippen molar-refractivity contribution in [3.8, 4) is 0 Å². The van der Waals surface area contributed by atoms with Crippen LogP contribution in [0, 0.1) is 0 Å². The molecule has 2 amide bonds. The molecule has 1 aliphatic heterocycles. The Morgan fingerprint density at radius 2 is 2.30 bits per heavy atom. The predicted molar refractivity (Wildman–Crippen MR) is 88.0 cm³/mol. The molecule has 1 aliphatic rings. The van der Waals surface area contributed by atoms with Crippen molar-refractivity contribution in [3.63, 3.8) is 0 Å². The van der Waals surface area contributed by atoms with Crippen LogP contribution in [0.5, 0.6) is 0 Å². The van der Waals surface area contributed by atoms with Crippen LogP contribution >= 0.6 is 11.3 Å². The number of thiophene rings is 1. The molecule has 0 saturated carbocycles. The third-order valence-electron chi connectivity index (χ3n) is 4.02. The van der Waals surface area contributed by atoms with Crippen molar-refractivity contribution in [2.45, 2.75) is 32.4 Å². The summed E-state index contributed by atoms with van der Waals surface area (Å²) in [5.74, 6) is 0.0268. The zero-order valence-electron chi connectivity index (χ0n) is 13.1. The van der Waals surface area contributed by atoms with Crippen molar-refractivity contribution in [1.82, 2.24) is 20.0 Å². The van der Waals surface area contributed by atoms with E-state index in [-0.39, 0.29) is 17.9 Å². The first-order chi connectivity index (χ1) is 11.1. The van der Waals surface area contributed by atoms with Crippen molar-refractivity contribution in [3.05, 3.63) is 40.3 Å². The van der Waals surface area contributed by atoms with E-state index in [4.69, 9.17) is 0 Å². The smallest absolute Gasteiger partial charge is 0.222 e. The number of hydrogen-bond acceptors (Lipinski definition) is 4. The van der Waals surface area contributed by atoms with Gasteiger partial charge < -0.3 is 10.2 Å². The summed E-state index contributed by atoms with van der Waals surface area (Å²) in [7, 11) is 0. The lowest BCUT2D eigenvalue weighted by Gasteiger charge is -2.33. The standard InChI is InChI=1S/C16H20N4O2S/c1-12(21)19-10-13-4-7-18-20(13)14(11-19)9-16(22)17-6-5-15-3-2-8-23-15/h2-4,7-8,14H,5-6,9-11H2,1H3,(H,17,22)/t14-/m1/s1. The van der Waals surface area contributed by atoms with E-state index in [2.05, 4.69) is 16.5 Å². The minimum atomic E-state index is -0.0978. The quantitative estimate of drug-likeness (QED) is 0.904. The van der Waals surface area contributed by atoms with Crippen molar-refractivity contribution < 1.29 is 9.59 Å². The summed E-state index contributed by atoms with van der Waals surface area (Å²) >= 11 is 1.70. The Labute approximate surface area is 139 Å². The highest BCUT2D eigenvalue weighted by atomic mass is 32.1. The van der Waals surface area contributed by atoms with Crippen molar-refractivity contribution >= 4 is 23.2 Å². The molecule has 0 fully saturated rings. The lowest BCUT2D eigenvalue weighted by atomic mass is 10.1. The highest BCUT2D eigenvalue weighted by Crippen LogP contribution is 2.22. The molecule has 0 unspecified atom stereocenters. The Hall–Kier alpha value is -2.15. The molecule has 23 heavy (non-hydrogen) atoms. The lowest BCUT2D eigenvalue weighted by Crippen LogP contribution is -2.42. The Balaban J connectivity index is 1.56. The minimum absolute atomic E-state index is 0.00147. The Kier molecular flexibility index (Phi) is 4.76. The minimum Gasteiger partial charge on any atom is -0.356 e. The van der Waals surface area contributed by atoms with Crippen molar-refractivity contribution in [1.29, 1.82) is 0 Å². The fourth-order valence-electron chi connectivity index (χ4n) is 2.84. The molecule has 1 atom stereocenters.